The van der Waals surface area contributed by atoms with Crippen LogP contribution in [0.1, 0.15) is 50.8 Å². The van der Waals surface area contributed by atoms with Crippen LogP contribution >= 0.6 is 11.6 Å². The number of piperidine rings is 1. The van der Waals surface area contributed by atoms with Gasteiger partial charge in [-0.1, -0.05) is 56.6 Å². The Morgan fingerprint density at radius 1 is 1.09 bits per heavy atom. The van der Waals surface area contributed by atoms with Crippen LogP contribution in [0.15, 0.2) is 53.3 Å². The van der Waals surface area contributed by atoms with Crippen molar-refractivity contribution in [1.82, 2.24) is 15.2 Å². The van der Waals surface area contributed by atoms with Crippen molar-refractivity contribution >= 4 is 30.8 Å². The minimum absolute atomic E-state index is 0.00434. The summed E-state index contributed by atoms with van der Waals surface area (Å²) in [6.07, 6.45) is 1.83. The second kappa shape index (κ2) is 14.2. The van der Waals surface area contributed by atoms with Crippen LogP contribution < -0.4 is 10.9 Å². The number of aromatic nitrogens is 1. The maximum Gasteiger partial charge on any atom is 0.248 e. The summed E-state index contributed by atoms with van der Waals surface area (Å²) in [4.78, 5) is 17.1. The molecule has 43 heavy (non-hydrogen) atoms. The van der Waals surface area contributed by atoms with Crippen molar-refractivity contribution in [2.24, 2.45) is 0 Å². The molecule has 3 aromatic rings. The van der Waals surface area contributed by atoms with E-state index in [4.69, 9.17) is 20.8 Å². The van der Waals surface area contributed by atoms with Crippen LogP contribution in [0.2, 0.25) is 23.2 Å². The van der Waals surface area contributed by atoms with E-state index in [1.54, 1.807) is 12.1 Å². The molecule has 0 radical (unpaired) electrons. The number of halogens is 1. The molecular formula is C33H48ClN3O5Si. The van der Waals surface area contributed by atoms with E-state index >= 15 is 0 Å². The zero-order chi connectivity index (χ0) is 31.3. The summed E-state index contributed by atoms with van der Waals surface area (Å²) < 4.78 is 12.8. The molecule has 2 aromatic carbocycles. The number of hydrogen-bond donors (Lipinski definition) is 4. The van der Waals surface area contributed by atoms with Crippen LogP contribution in [0.4, 0.5) is 0 Å². The van der Waals surface area contributed by atoms with Gasteiger partial charge in [-0.3, -0.25) is 4.79 Å². The summed E-state index contributed by atoms with van der Waals surface area (Å²) in [5, 5.41) is 26.9. The lowest BCUT2D eigenvalue weighted by Gasteiger charge is -2.41. The van der Waals surface area contributed by atoms with E-state index in [0.29, 0.717) is 44.7 Å². The Morgan fingerprint density at radius 2 is 1.81 bits per heavy atom. The fourth-order valence-electron chi connectivity index (χ4n) is 5.27. The minimum Gasteiger partial charge on any atom is -0.506 e. The molecular weight excluding hydrogens is 582 g/mol. The molecule has 1 saturated heterocycles. The molecule has 0 saturated carbocycles. The Kier molecular flexibility index (Phi) is 11.1. The van der Waals surface area contributed by atoms with Crippen molar-refractivity contribution in [2.45, 2.75) is 69.9 Å². The predicted molar refractivity (Wildman–Crippen MR) is 177 cm³/mol. The summed E-state index contributed by atoms with van der Waals surface area (Å²) in [7, 11) is -2.18. The zero-order valence-corrected chi connectivity index (χ0v) is 28.0. The number of nitrogens with zero attached hydrogens (tertiary/aromatic N) is 1. The van der Waals surface area contributed by atoms with Gasteiger partial charge in [0.25, 0.3) is 0 Å². The Bertz CT molecular complexity index is 1420. The van der Waals surface area contributed by atoms with Gasteiger partial charge in [-0.25, -0.2) is 0 Å². The van der Waals surface area contributed by atoms with Crippen molar-refractivity contribution < 1.29 is 19.4 Å². The van der Waals surface area contributed by atoms with Gasteiger partial charge in [0, 0.05) is 49.2 Å². The molecule has 0 amide bonds. The highest BCUT2D eigenvalue weighted by Gasteiger charge is 2.40. The van der Waals surface area contributed by atoms with E-state index in [1.807, 2.05) is 30.3 Å². The summed E-state index contributed by atoms with van der Waals surface area (Å²) in [6.45, 7) is 15.8. The Hall–Kier alpha value is -2.24. The van der Waals surface area contributed by atoms with Crippen molar-refractivity contribution in [1.29, 1.82) is 0 Å². The van der Waals surface area contributed by atoms with Gasteiger partial charge in [0.15, 0.2) is 8.32 Å². The molecule has 1 fully saturated rings. The highest BCUT2D eigenvalue weighted by Crippen LogP contribution is 2.41. The first kappa shape index (κ1) is 33.6. The summed E-state index contributed by atoms with van der Waals surface area (Å²) in [6, 6.07) is 14.6. The molecule has 4 N–H and O–H groups in total. The third-order valence-electron chi connectivity index (χ3n) is 9.09. The number of aromatic hydroxyl groups is 1. The van der Waals surface area contributed by atoms with Crippen LogP contribution in [0.25, 0.3) is 10.9 Å². The number of likely N-dealkylation sites (tertiary alicyclic amines) is 1. The number of H-pyrrole nitrogens is 1. The number of aromatic amines is 1. The largest absolute Gasteiger partial charge is 0.506 e. The van der Waals surface area contributed by atoms with Gasteiger partial charge in [-0.2, -0.15) is 0 Å². The highest BCUT2D eigenvalue weighted by molar-refractivity contribution is 6.74. The number of fused-ring (bicyclic) bond motifs is 1. The molecule has 8 nitrogen and oxygen atoms in total. The second-order valence-corrected chi connectivity index (χ2v) is 18.5. The van der Waals surface area contributed by atoms with E-state index < -0.39 is 13.9 Å². The van der Waals surface area contributed by atoms with Crippen LogP contribution in [0.3, 0.4) is 0 Å². The quantitative estimate of drug-likeness (QED) is 0.143. The van der Waals surface area contributed by atoms with Crippen LogP contribution in [0.5, 0.6) is 5.75 Å². The maximum absolute atomic E-state index is 12.0. The molecule has 1 aliphatic heterocycles. The maximum atomic E-state index is 12.0. The first-order chi connectivity index (χ1) is 20.3. The number of phenols is 1. The lowest BCUT2D eigenvalue weighted by Crippen LogP contribution is -2.51. The lowest BCUT2D eigenvalue weighted by molar-refractivity contribution is -0.0265. The van der Waals surface area contributed by atoms with E-state index in [0.717, 1.165) is 47.6 Å². The van der Waals surface area contributed by atoms with Crippen molar-refractivity contribution in [3.8, 4) is 5.75 Å². The molecule has 0 bridgehead atoms. The number of pyridine rings is 1. The molecule has 0 unspecified atom stereocenters. The van der Waals surface area contributed by atoms with Crippen molar-refractivity contribution in [3.63, 3.8) is 0 Å². The summed E-state index contributed by atoms with van der Waals surface area (Å²) >= 11 is 6.23. The van der Waals surface area contributed by atoms with Gasteiger partial charge in [-0.05, 0) is 66.7 Å². The average molecular weight is 630 g/mol. The van der Waals surface area contributed by atoms with E-state index in [9.17, 15) is 15.0 Å². The molecule has 0 aliphatic carbocycles. The molecule has 1 aromatic heterocycles. The van der Waals surface area contributed by atoms with Gasteiger partial charge in [0.2, 0.25) is 5.56 Å². The smallest absolute Gasteiger partial charge is 0.248 e. The first-order valence-corrected chi connectivity index (χ1v) is 18.6. The third-order valence-corrected chi connectivity index (χ3v) is 13.9. The molecule has 1 atom stereocenters. The normalized spacial score (nSPS) is 16.9. The highest BCUT2D eigenvalue weighted by atomic mass is 35.5. The fraction of sp³-hybridized carbons (Fsp3) is 0.545. The van der Waals surface area contributed by atoms with E-state index in [-0.39, 0.29) is 22.5 Å². The lowest BCUT2D eigenvalue weighted by atomic mass is 9.91. The van der Waals surface area contributed by atoms with Crippen LogP contribution in [-0.4, -0.2) is 80.0 Å². The molecule has 1 aliphatic rings. The minimum atomic E-state index is -2.18. The van der Waals surface area contributed by atoms with Gasteiger partial charge in [0.05, 0.1) is 30.4 Å². The number of benzene rings is 2. The van der Waals surface area contributed by atoms with E-state index in [2.05, 4.69) is 49.1 Å². The molecule has 2 heterocycles. The van der Waals surface area contributed by atoms with Gasteiger partial charge >= 0.3 is 0 Å². The van der Waals surface area contributed by atoms with Crippen LogP contribution in [0, 0.1) is 0 Å². The van der Waals surface area contributed by atoms with Gasteiger partial charge < -0.3 is 34.6 Å². The zero-order valence-electron chi connectivity index (χ0n) is 26.2. The van der Waals surface area contributed by atoms with E-state index in [1.165, 1.54) is 6.07 Å². The topological polar surface area (TPSA) is 107 Å². The van der Waals surface area contributed by atoms with Gasteiger partial charge in [-0.15, -0.1) is 0 Å². The number of hydrogen-bond acceptors (Lipinski definition) is 7. The third kappa shape index (κ3) is 8.91. The SMILES string of the molecule is CC(C)(C)[Si](C)(C)O[C@@H](CNCC1(O)CCN(CCOCCc2ccccc2Cl)CC1)c1ccc(O)c2[nH]c(=O)ccc12. The Labute approximate surface area is 261 Å². The monoisotopic (exact) mass is 629 g/mol. The summed E-state index contributed by atoms with van der Waals surface area (Å²) in [5.41, 5.74) is 1.35. The fourth-order valence-corrected chi connectivity index (χ4v) is 6.78. The van der Waals surface area contributed by atoms with Crippen molar-refractivity contribution in [2.75, 3.05) is 45.9 Å². The molecule has 236 valence electrons. The number of rotatable bonds is 13. The van der Waals surface area contributed by atoms with Gasteiger partial charge in [0.1, 0.15) is 5.75 Å². The van der Waals surface area contributed by atoms with Crippen LogP contribution in [-0.2, 0) is 15.6 Å². The second-order valence-electron chi connectivity index (χ2n) is 13.3. The number of aliphatic hydroxyl groups is 1. The number of phenolic OH excluding ortho intramolecular Hbond substituents is 1. The number of ether oxygens (including phenoxy) is 1. The summed E-state index contributed by atoms with van der Waals surface area (Å²) in [5.74, 6) is 0.0301. The molecule has 10 heteroatoms. The average Bonchev–Trinajstić information content (AvgIpc) is 2.94. The Balaban J connectivity index is 1.32. The molecule has 4 rings (SSSR count). The van der Waals surface area contributed by atoms with Crippen molar-refractivity contribution in [3.05, 3.63) is 75.0 Å². The molecule has 0 spiro atoms. The first-order valence-electron chi connectivity index (χ1n) is 15.3. The standard InChI is InChI=1S/C33H48ClN3O5Si/c1-32(2,3)43(4,5)42-29(25-10-12-28(38)31-26(25)11-13-30(39)36-31)22-35-23-33(40)15-17-37(18-16-33)19-21-41-20-14-24-8-6-7-9-27(24)34/h6-13,29,35,38,40H,14-23H2,1-5H3,(H,36,39)/t29-/m0/s1. The number of nitrogens with one attached hydrogen (secondary N) is 2. The predicted octanol–water partition coefficient (Wildman–Crippen LogP) is 5.63. The Morgan fingerprint density at radius 3 is 2.51 bits per heavy atom.